The van der Waals surface area contributed by atoms with E-state index in [2.05, 4.69) is 13.8 Å². The van der Waals surface area contributed by atoms with Gasteiger partial charge in [0.25, 0.3) is 0 Å². The van der Waals surface area contributed by atoms with E-state index in [1.807, 2.05) is 21.1 Å². The van der Waals surface area contributed by atoms with Gasteiger partial charge in [-0.05, 0) is 12.8 Å². The van der Waals surface area contributed by atoms with Crippen LogP contribution < -0.4 is 0 Å². The Balaban J connectivity index is 4.17. The fourth-order valence-electron chi connectivity index (χ4n) is 5.84. The first-order valence-electron chi connectivity index (χ1n) is 20.8. The molecule has 0 aliphatic carbocycles. The van der Waals surface area contributed by atoms with Crippen molar-refractivity contribution in [3.8, 4) is 0 Å². The minimum Gasteiger partial charge on any atom is -0.462 e. The zero-order chi connectivity index (χ0) is 37.2. The van der Waals surface area contributed by atoms with E-state index in [0.717, 1.165) is 38.5 Å². The molecule has 0 saturated heterocycles. The Hall–Kier alpha value is -0.990. The topological polar surface area (TPSA) is 108 Å². The van der Waals surface area contributed by atoms with E-state index in [1.165, 1.54) is 122 Å². The highest BCUT2D eigenvalue weighted by atomic mass is 31.2. The molecule has 1 unspecified atom stereocenters. The average Bonchev–Trinajstić information content (AvgIpc) is 3.06. The van der Waals surface area contributed by atoms with Crippen molar-refractivity contribution in [3.63, 3.8) is 0 Å². The molecule has 1 N–H and O–H groups in total. The van der Waals surface area contributed by atoms with Gasteiger partial charge in [0.05, 0.1) is 27.7 Å². The molecule has 0 aromatic carbocycles. The maximum Gasteiger partial charge on any atom is 0.472 e. The third-order valence-electron chi connectivity index (χ3n) is 9.14. The average molecular weight is 735 g/mol. The van der Waals surface area contributed by atoms with Gasteiger partial charge in [0.2, 0.25) is 0 Å². The highest BCUT2D eigenvalue weighted by Gasteiger charge is 2.27. The first-order chi connectivity index (χ1) is 24.0. The lowest BCUT2D eigenvalue weighted by Crippen LogP contribution is -2.37. The van der Waals surface area contributed by atoms with Gasteiger partial charge in [0, 0.05) is 12.8 Å². The van der Waals surface area contributed by atoms with Gasteiger partial charge in [-0.25, -0.2) is 4.57 Å². The van der Waals surface area contributed by atoms with Crippen LogP contribution in [0.3, 0.4) is 0 Å². The molecule has 0 spiro atoms. The number of phosphoric acid groups is 1. The molecule has 0 aromatic rings. The Labute approximate surface area is 308 Å². The van der Waals surface area contributed by atoms with Crippen LogP contribution >= 0.6 is 7.82 Å². The summed E-state index contributed by atoms with van der Waals surface area (Å²) in [6.07, 6.45) is 31.7. The number of rotatable bonds is 38. The molecule has 10 heteroatoms. The van der Waals surface area contributed by atoms with E-state index in [0.29, 0.717) is 23.9 Å². The summed E-state index contributed by atoms with van der Waals surface area (Å²) < 4.78 is 34.1. The number of nitrogens with zero attached hydrogens (tertiary/aromatic N) is 1. The second kappa shape index (κ2) is 33.8. The van der Waals surface area contributed by atoms with Crippen LogP contribution in [0.4, 0.5) is 0 Å². The second-order valence-electron chi connectivity index (χ2n) is 15.4. The maximum absolute atomic E-state index is 12.5. The van der Waals surface area contributed by atoms with Crippen LogP contribution in [0.2, 0.25) is 0 Å². The number of hydrogen-bond acceptors (Lipinski definition) is 7. The van der Waals surface area contributed by atoms with Crippen molar-refractivity contribution >= 4 is 19.8 Å². The predicted octanol–water partition coefficient (Wildman–Crippen LogP) is 11.2. The fourth-order valence-corrected chi connectivity index (χ4v) is 6.58. The molecular weight excluding hydrogens is 653 g/mol. The fraction of sp³-hybridized carbons (Fsp3) is 0.950. The molecule has 2 atom stereocenters. The molecule has 9 nitrogen and oxygen atoms in total. The molecule has 0 fully saturated rings. The summed E-state index contributed by atoms with van der Waals surface area (Å²) in [5.41, 5.74) is 0. The van der Waals surface area contributed by atoms with Gasteiger partial charge in [-0.15, -0.1) is 0 Å². The smallest absolute Gasteiger partial charge is 0.462 e. The van der Waals surface area contributed by atoms with Crippen molar-refractivity contribution in [2.75, 3.05) is 47.5 Å². The van der Waals surface area contributed by atoms with Crippen molar-refractivity contribution in [1.29, 1.82) is 0 Å². The monoisotopic (exact) mass is 735 g/mol. The number of unbranched alkanes of at least 4 members (excludes halogenated alkanes) is 24. The summed E-state index contributed by atoms with van der Waals surface area (Å²) >= 11 is 0. The van der Waals surface area contributed by atoms with Crippen LogP contribution in [0.1, 0.15) is 194 Å². The summed E-state index contributed by atoms with van der Waals surface area (Å²) in [6.45, 7) is 4.39. The third-order valence-corrected chi connectivity index (χ3v) is 10.1. The number of hydrogen-bond donors (Lipinski definition) is 1. The molecule has 0 rings (SSSR count). The van der Waals surface area contributed by atoms with Crippen LogP contribution in [-0.4, -0.2) is 74.9 Å². The normalized spacial score (nSPS) is 13.6. The molecule has 0 amide bonds. The minimum absolute atomic E-state index is 0.0361. The quantitative estimate of drug-likeness (QED) is 0.0289. The van der Waals surface area contributed by atoms with Crippen LogP contribution in [0.25, 0.3) is 0 Å². The molecule has 0 heterocycles. The Bertz CT molecular complexity index is 835. The third kappa shape index (κ3) is 36.8. The van der Waals surface area contributed by atoms with E-state index in [1.54, 1.807) is 0 Å². The number of ether oxygens (including phenoxy) is 2. The first kappa shape index (κ1) is 49.0. The lowest BCUT2D eigenvalue weighted by molar-refractivity contribution is -0.870. The van der Waals surface area contributed by atoms with E-state index in [4.69, 9.17) is 18.5 Å². The SMILES string of the molecule is CCCCCCCCCCCCCCCCCCCCCC(=O)OC[C@H](COP(=O)(O)OCC[N+](C)(C)C)OC(=O)CCCCCCCCC. The number of quaternary nitrogens is 1. The number of likely N-dealkylation sites (N-methyl/N-ethyl adjacent to an activating group) is 1. The van der Waals surface area contributed by atoms with Gasteiger partial charge in [0.1, 0.15) is 19.8 Å². The summed E-state index contributed by atoms with van der Waals surface area (Å²) in [5.74, 6) is -0.794. The Morgan fingerprint density at radius 2 is 0.900 bits per heavy atom. The van der Waals surface area contributed by atoms with Crippen molar-refractivity contribution in [2.45, 2.75) is 200 Å². The first-order valence-corrected chi connectivity index (χ1v) is 22.3. The summed E-state index contributed by atoms with van der Waals surface area (Å²) in [7, 11) is 1.49. The standard InChI is InChI=1S/C40H80NO8P/c1-6-8-10-12-14-15-16-17-18-19-20-21-22-23-24-25-27-28-30-32-39(42)46-36-38(37-48-50(44,45)47-35-34-41(3,4)5)49-40(43)33-31-29-26-13-11-9-7-2/h38H,6-37H2,1-5H3/p+1/t38-/m1/s1. The number of carbonyl (C=O) groups excluding carboxylic acids is 2. The molecule has 0 bridgehead atoms. The van der Waals surface area contributed by atoms with E-state index in [9.17, 15) is 19.0 Å². The summed E-state index contributed by atoms with van der Waals surface area (Å²) in [6, 6.07) is 0. The van der Waals surface area contributed by atoms with Gasteiger partial charge in [-0.1, -0.05) is 168 Å². The molecule has 298 valence electrons. The van der Waals surface area contributed by atoms with Crippen molar-refractivity contribution in [1.82, 2.24) is 0 Å². The van der Waals surface area contributed by atoms with Gasteiger partial charge >= 0.3 is 19.8 Å². The second-order valence-corrected chi connectivity index (χ2v) is 16.8. The molecule has 0 aliphatic heterocycles. The highest BCUT2D eigenvalue weighted by molar-refractivity contribution is 7.47. The van der Waals surface area contributed by atoms with Crippen LogP contribution in [0, 0.1) is 0 Å². The van der Waals surface area contributed by atoms with Gasteiger partial charge in [-0.3, -0.25) is 18.6 Å². The van der Waals surface area contributed by atoms with E-state index in [-0.39, 0.29) is 25.6 Å². The Kier molecular flexibility index (Phi) is 33.2. The molecule has 0 aliphatic rings. The van der Waals surface area contributed by atoms with Gasteiger partial charge in [-0.2, -0.15) is 0 Å². The maximum atomic E-state index is 12.5. The molecule has 0 radical (unpaired) electrons. The zero-order valence-corrected chi connectivity index (χ0v) is 34.3. The lowest BCUT2D eigenvalue weighted by atomic mass is 10.0. The molecule has 0 saturated carbocycles. The van der Waals surface area contributed by atoms with Gasteiger partial charge in [0.15, 0.2) is 6.10 Å². The van der Waals surface area contributed by atoms with Gasteiger partial charge < -0.3 is 18.9 Å². The number of phosphoric ester groups is 1. The van der Waals surface area contributed by atoms with Crippen molar-refractivity contribution < 1.29 is 42.1 Å². The lowest BCUT2D eigenvalue weighted by Gasteiger charge is -2.24. The van der Waals surface area contributed by atoms with Crippen LogP contribution in [0.15, 0.2) is 0 Å². The van der Waals surface area contributed by atoms with Crippen molar-refractivity contribution in [3.05, 3.63) is 0 Å². The zero-order valence-electron chi connectivity index (χ0n) is 33.4. The molecule has 0 aromatic heterocycles. The molecule has 50 heavy (non-hydrogen) atoms. The van der Waals surface area contributed by atoms with Crippen LogP contribution in [-0.2, 0) is 32.7 Å². The molecular formula is C40H81NO8P+. The number of carbonyl (C=O) groups is 2. The summed E-state index contributed by atoms with van der Waals surface area (Å²) in [4.78, 5) is 35.1. The number of esters is 2. The predicted molar refractivity (Wildman–Crippen MR) is 206 cm³/mol. The minimum atomic E-state index is -4.35. The highest BCUT2D eigenvalue weighted by Crippen LogP contribution is 2.43. The Morgan fingerprint density at radius 3 is 1.28 bits per heavy atom. The van der Waals surface area contributed by atoms with E-state index < -0.39 is 26.5 Å². The summed E-state index contributed by atoms with van der Waals surface area (Å²) in [5, 5.41) is 0. The van der Waals surface area contributed by atoms with E-state index >= 15 is 0 Å². The van der Waals surface area contributed by atoms with Crippen LogP contribution in [0.5, 0.6) is 0 Å². The largest absolute Gasteiger partial charge is 0.472 e. The van der Waals surface area contributed by atoms with Crippen molar-refractivity contribution in [2.24, 2.45) is 0 Å². The Morgan fingerprint density at radius 1 is 0.540 bits per heavy atom.